The molecular formula is C14H20N2O3. The molecule has 0 aromatic heterocycles. The Bertz CT molecular complexity index is 470. The smallest absolute Gasteiger partial charge is 0.335 e. The molecule has 5 heteroatoms. The summed E-state index contributed by atoms with van der Waals surface area (Å²) in [4.78, 5) is 10.8. The molecule has 19 heavy (non-hydrogen) atoms. The van der Waals surface area contributed by atoms with Gasteiger partial charge in [-0.2, -0.15) is 0 Å². The monoisotopic (exact) mass is 264 g/mol. The van der Waals surface area contributed by atoms with Crippen LogP contribution >= 0.6 is 0 Å². The number of nitrogens with one attached hydrogen (secondary N) is 1. The number of nitrogens with two attached hydrogens (primary N) is 1. The number of rotatable bonds is 7. The molecule has 0 amide bonds. The van der Waals surface area contributed by atoms with Gasteiger partial charge in [0.25, 0.3) is 0 Å². The maximum Gasteiger partial charge on any atom is 0.335 e. The van der Waals surface area contributed by atoms with E-state index in [0.717, 1.165) is 25.3 Å². The molecule has 0 spiro atoms. The van der Waals surface area contributed by atoms with Crippen molar-refractivity contribution in [2.45, 2.75) is 19.3 Å². The summed E-state index contributed by atoms with van der Waals surface area (Å²) in [5.74, 6) is -0.961. The third kappa shape index (κ3) is 3.38. The minimum atomic E-state index is -0.961. The van der Waals surface area contributed by atoms with Gasteiger partial charge in [-0.3, -0.25) is 0 Å². The zero-order valence-electron chi connectivity index (χ0n) is 11.1. The number of carbonyl (C=O) groups is 1. The number of benzene rings is 1. The topological polar surface area (TPSA) is 84.6 Å². The number of carboxylic acids is 1. The minimum absolute atomic E-state index is 0.212. The Balaban J connectivity index is 1.95. The molecule has 0 atom stereocenters. The molecule has 4 N–H and O–H groups in total. The lowest BCUT2D eigenvalue weighted by Gasteiger charge is -2.17. The maximum atomic E-state index is 10.8. The molecule has 104 valence electrons. The van der Waals surface area contributed by atoms with Gasteiger partial charge in [-0.25, -0.2) is 4.79 Å². The molecule has 0 bridgehead atoms. The highest BCUT2D eigenvalue weighted by molar-refractivity contribution is 5.90. The van der Waals surface area contributed by atoms with Gasteiger partial charge in [0, 0.05) is 20.3 Å². The molecule has 1 saturated carbocycles. The molecule has 0 aliphatic heterocycles. The van der Waals surface area contributed by atoms with Gasteiger partial charge in [-0.15, -0.1) is 0 Å². The van der Waals surface area contributed by atoms with Crippen LogP contribution in [0.2, 0.25) is 0 Å². The molecule has 1 aromatic carbocycles. The van der Waals surface area contributed by atoms with Gasteiger partial charge >= 0.3 is 5.97 Å². The first-order valence-electron chi connectivity index (χ1n) is 6.42. The summed E-state index contributed by atoms with van der Waals surface area (Å²) in [6, 6.07) is 4.78. The van der Waals surface area contributed by atoms with Gasteiger partial charge in [0.15, 0.2) is 0 Å². The predicted molar refractivity (Wildman–Crippen MR) is 74.5 cm³/mol. The highest BCUT2D eigenvalue weighted by atomic mass is 16.5. The van der Waals surface area contributed by atoms with E-state index in [2.05, 4.69) is 5.32 Å². The Kier molecular flexibility index (Phi) is 3.95. The van der Waals surface area contributed by atoms with Crippen LogP contribution in [0.1, 0.15) is 29.6 Å². The second kappa shape index (κ2) is 5.48. The normalized spacial score (nSPS) is 16.1. The van der Waals surface area contributed by atoms with Crippen LogP contribution in [0.5, 0.6) is 0 Å². The summed E-state index contributed by atoms with van der Waals surface area (Å²) in [6.45, 7) is 1.63. The second-order valence-electron chi connectivity index (χ2n) is 5.20. The van der Waals surface area contributed by atoms with E-state index in [-0.39, 0.29) is 5.56 Å². The molecule has 0 saturated heterocycles. The van der Waals surface area contributed by atoms with Gasteiger partial charge in [0.1, 0.15) is 0 Å². The van der Waals surface area contributed by atoms with Gasteiger partial charge in [0.05, 0.1) is 16.9 Å². The van der Waals surface area contributed by atoms with Crippen LogP contribution in [0.4, 0.5) is 11.4 Å². The van der Waals surface area contributed by atoms with Gasteiger partial charge in [-0.1, -0.05) is 0 Å². The first-order valence-corrected chi connectivity index (χ1v) is 6.42. The first kappa shape index (κ1) is 13.7. The third-order valence-electron chi connectivity index (χ3n) is 3.75. The van der Waals surface area contributed by atoms with Crippen LogP contribution < -0.4 is 11.1 Å². The maximum absolute atomic E-state index is 10.8. The lowest BCUT2D eigenvalue weighted by atomic mass is 10.0. The third-order valence-corrected chi connectivity index (χ3v) is 3.75. The molecule has 1 aromatic rings. The van der Waals surface area contributed by atoms with E-state index < -0.39 is 5.97 Å². The number of hydrogen-bond acceptors (Lipinski definition) is 4. The highest BCUT2D eigenvalue weighted by Gasteiger charge is 2.41. The SMILES string of the molecule is COCCC1(CNc2ccc(C(=O)O)cc2N)CC1. The molecule has 0 radical (unpaired) electrons. The standard InChI is InChI=1S/C14H20N2O3/c1-19-7-6-14(4-5-14)9-16-12-3-2-10(13(17)18)8-11(12)15/h2-3,8,16H,4-7,9,15H2,1H3,(H,17,18). The lowest BCUT2D eigenvalue weighted by Crippen LogP contribution is -2.18. The second-order valence-corrected chi connectivity index (χ2v) is 5.20. The molecule has 0 heterocycles. The fourth-order valence-corrected chi connectivity index (χ4v) is 2.15. The summed E-state index contributed by atoms with van der Waals surface area (Å²) < 4.78 is 5.12. The van der Waals surface area contributed by atoms with Crippen molar-refractivity contribution in [1.82, 2.24) is 0 Å². The molecular weight excluding hydrogens is 244 g/mol. The highest BCUT2D eigenvalue weighted by Crippen LogP contribution is 2.48. The zero-order valence-corrected chi connectivity index (χ0v) is 11.1. The summed E-state index contributed by atoms with van der Waals surface area (Å²) in [5.41, 5.74) is 7.67. The molecule has 1 fully saturated rings. The Morgan fingerprint density at radius 1 is 1.53 bits per heavy atom. The van der Waals surface area contributed by atoms with Crippen LogP contribution in [-0.4, -0.2) is 31.3 Å². The molecule has 1 aliphatic rings. The van der Waals surface area contributed by atoms with Crippen LogP contribution in [0.15, 0.2) is 18.2 Å². The van der Waals surface area contributed by atoms with Crippen LogP contribution in [0, 0.1) is 5.41 Å². The van der Waals surface area contributed by atoms with Crippen molar-refractivity contribution in [3.05, 3.63) is 23.8 Å². The fraction of sp³-hybridized carbons (Fsp3) is 0.500. The summed E-state index contributed by atoms with van der Waals surface area (Å²) >= 11 is 0. The largest absolute Gasteiger partial charge is 0.478 e. The van der Waals surface area contributed by atoms with Crippen molar-refractivity contribution in [2.75, 3.05) is 31.3 Å². The van der Waals surface area contributed by atoms with Crippen molar-refractivity contribution in [1.29, 1.82) is 0 Å². The molecule has 2 rings (SSSR count). The quantitative estimate of drug-likeness (QED) is 0.657. The average molecular weight is 264 g/mol. The molecule has 5 nitrogen and oxygen atoms in total. The van der Waals surface area contributed by atoms with Crippen molar-refractivity contribution in [2.24, 2.45) is 5.41 Å². The van der Waals surface area contributed by atoms with E-state index in [1.54, 1.807) is 19.2 Å². The van der Waals surface area contributed by atoms with Crippen LogP contribution in [0.25, 0.3) is 0 Å². The predicted octanol–water partition coefficient (Wildman–Crippen LogP) is 2.20. The fourth-order valence-electron chi connectivity index (χ4n) is 2.15. The van der Waals surface area contributed by atoms with E-state index in [0.29, 0.717) is 11.1 Å². The van der Waals surface area contributed by atoms with Gasteiger partial charge in [0.2, 0.25) is 0 Å². The van der Waals surface area contributed by atoms with Crippen molar-refractivity contribution < 1.29 is 14.6 Å². The van der Waals surface area contributed by atoms with Gasteiger partial charge < -0.3 is 20.9 Å². The Morgan fingerprint density at radius 3 is 2.79 bits per heavy atom. The number of methoxy groups -OCH3 is 1. The van der Waals surface area contributed by atoms with Crippen LogP contribution in [0.3, 0.4) is 0 Å². The number of anilines is 2. The van der Waals surface area contributed by atoms with Crippen LogP contribution in [-0.2, 0) is 4.74 Å². The Hall–Kier alpha value is -1.75. The van der Waals surface area contributed by atoms with E-state index in [9.17, 15) is 4.79 Å². The number of nitrogen functional groups attached to an aromatic ring is 1. The number of aromatic carboxylic acids is 1. The van der Waals surface area contributed by atoms with Crippen molar-refractivity contribution in [3.8, 4) is 0 Å². The Labute approximate surface area is 112 Å². The summed E-state index contributed by atoms with van der Waals surface area (Å²) in [5, 5.41) is 12.2. The number of hydrogen-bond donors (Lipinski definition) is 3. The number of ether oxygens (including phenoxy) is 1. The zero-order chi connectivity index (χ0) is 13.9. The number of carboxylic acid groups (broad SMARTS) is 1. The molecule has 1 aliphatic carbocycles. The summed E-state index contributed by atoms with van der Waals surface area (Å²) in [7, 11) is 1.71. The first-order chi connectivity index (χ1) is 9.06. The van der Waals surface area contributed by atoms with E-state index in [1.165, 1.54) is 18.9 Å². The lowest BCUT2D eigenvalue weighted by molar-refractivity contribution is 0.0697. The molecule has 0 unspecified atom stereocenters. The van der Waals surface area contributed by atoms with Crippen molar-refractivity contribution in [3.63, 3.8) is 0 Å². The van der Waals surface area contributed by atoms with Crippen molar-refractivity contribution >= 4 is 17.3 Å². The van der Waals surface area contributed by atoms with E-state index >= 15 is 0 Å². The van der Waals surface area contributed by atoms with E-state index in [4.69, 9.17) is 15.6 Å². The van der Waals surface area contributed by atoms with Gasteiger partial charge in [-0.05, 0) is 42.9 Å². The summed E-state index contributed by atoms with van der Waals surface area (Å²) in [6.07, 6.45) is 3.45. The minimum Gasteiger partial charge on any atom is -0.478 e. The van der Waals surface area contributed by atoms with E-state index in [1.807, 2.05) is 0 Å². The Morgan fingerprint density at radius 2 is 2.26 bits per heavy atom. The average Bonchev–Trinajstić information content (AvgIpc) is 3.15.